The van der Waals surface area contributed by atoms with Crippen LogP contribution < -0.4 is 5.73 Å². The van der Waals surface area contributed by atoms with Crippen LogP contribution in [0.5, 0.6) is 0 Å². The Kier molecular flexibility index (Phi) is 3.28. The van der Waals surface area contributed by atoms with Crippen molar-refractivity contribution in [2.24, 2.45) is 5.73 Å². The summed E-state index contributed by atoms with van der Waals surface area (Å²) in [4.78, 5) is 6.09. The molecule has 0 bridgehead atoms. The number of pyridine rings is 1. The zero-order valence-electron chi connectivity index (χ0n) is 8.69. The molecule has 1 aromatic heterocycles. The number of aromatic nitrogens is 1. The lowest BCUT2D eigenvalue weighted by molar-refractivity contribution is 0.201. The van der Waals surface area contributed by atoms with E-state index in [0.717, 1.165) is 38.0 Å². The van der Waals surface area contributed by atoms with Gasteiger partial charge < -0.3 is 5.73 Å². The fraction of sp³-hybridized carbons (Fsp3) is 0.545. The van der Waals surface area contributed by atoms with Gasteiger partial charge in [0.15, 0.2) is 0 Å². The molecule has 2 N–H and O–H groups in total. The quantitative estimate of drug-likeness (QED) is 0.794. The second kappa shape index (κ2) is 4.68. The van der Waals surface area contributed by atoms with Gasteiger partial charge in [-0.1, -0.05) is 0 Å². The lowest BCUT2D eigenvalue weighted by Gasteiger charge is -2.30. The SMILES string of the molecule is NC1CCCN(Cc2cncc(F)c2)C1. The fourth-order valence-corrected chi connectivity index (χ4v) is 2.04. The Morgan fingerprint density at radius 2 is 2.40 bits per heavy atom. The Morgan fingerprint density at radius 3 is 3.13 bits per heavy atom. The molecule has 1 aliphatic heterocycles. The van der Waals surface area contributed by atoms with E-state index < -0.39 is 0 Å². The first kappa shape index (κ1) is 10.5. The van der Waals surface area contributed by atoms with E-state index in [-0.39, 0.29) is 11.9 Å². The molecule has 1 saturated heterocycles. The van der Waals surface area contributed by atoms with Crippen molar-refractivity contribution in [2.45, 2.75) is 25.4 Å². The molecule has 1 atom stereocenters. The zero-order valence-corrected chi connectivity index (χ0v) is 8.69. The van der Waals surface area contributed by atoms with Crippen molar-refractivity contribution in [3.8, 4) is 0 Å². The lowest BCUT2D eigenvalue weighted by atomic mass is 10.1. The van der Waals surface area contributed by atoms with Gasteiger partial charge in [-0.3, -0.25) is 9.88 Å². The van der Waals surface area contributed by atoms with Crippen molar-refractivity contribution < 1.29 is 4.39 Å². The summed E-state index contributed by atoms with van der Waals surface area (Å²) in [6.07, 6.45) is 5.16. The van der Waals surface area contributed by atoms with E-state index in [1.54, 1.807) is 6.20 Å². The Hall–Kier alpha value is -1.00. The van der Waals surface area contributed by atoms with Gasteiger partial charge in [0.2, 0.25) is 0 Å². The lowest BCUT2D eigenvalue weighted by Crippen LogP contribution is -2.42. The molecule has 1 aromatic rings. The standard InChI is InChI=1S/C11H16FN3/c12-10-4-9(5-14-6-10)7-15-3-1-2-11(13)8-15/h4-6,11H,1-3,7-8,13H2. The van der Waals surface area contributed by atoms with Crippen LogP contribution in [-0.2, 0) is 6.54 Å². The maximum Gasteiger partial charge on any atom is 0.141 e. The molecule has 0 spiro atoms. The van der Waals surface area contributed by atoms with E-state index in [4.69, 9.17) is 5.73 Å². The summed E-state index contributed by atoms with van der Waals surface area (Å²) < 4.78 is 12.9. The van der Waals surface area contributed by atoms with Crippen LogP contribution >= 0.6 is 0 Å². The number of hydrogen-bond acceptors (Lipinski definition) is 3. The highest BCUT2D eigenvalue weighted by Crippen LogP contribution is 2.12. The molecule has 2 heterocycles. The predicted octanol–water partition coefficient (Wildman–Crippen LogP) is 1.14. The molecular weight excluding hydrogens is 193 g/mol. The minimum atomic E-state index is -0.270. The van der Waals surface area contributed by atoms with E-state index in [1.807, 2.05) is 0 Å². The van der Waals surface area contributed by atoms with Gasteiger partial charge in [0, 0.05) is 25.3 Å². The van der Waals surface area contributed by atoms with Crippen LogP contribution in [0.1, 0.15) is 18.4 Å². The highest BCUT2D eigenvalue weighted by atomic mass is 19.1. The predicted molar refractivity (Wildman–Crippen MR) is 56.7 cm³/mol. The van der Waals surface area contributed by atoms with Crippen LogP contribution in [-0.4, -0.2) is 29.0 Å². The monoisotopic (exact) mass is 209 g/mol. The summed E-state index contributed by atoms with van der Waals surface area (Å²) in [5, 5.41) is 0. The Morgan fingerprint density at radius 1 is 1.53 bits per heavy atom. The molecule has 1 unspecified atom stereocenters. The number of hydrogen-bond donors (Lipinski definition) is 1. The Labute approximate surface area is 89.1 Å². The van der Waals surface area contributed by atoms with E-state index in [9.17, 15) is 4.39 Å². The van der Waals surface area contributed by atoms with Crippen LogP contribution in [0, 0.1) is 5.82 Å². The number of rotatable bonds is 2. The summed E-state index contributed by atoms with van der Waals surface area (Å²) in [6.45, 7) is 2.69. The molecule has 0 aromatic carbocycles. The summed E-state index contributed by atoms with van der Waals surface area (Å²) in [5.74, 6) is -0.270. The van der Waals surface area contributed by atoms with Gasteiger partial charge in [0.25, 0.3) is 0 Å². The van der Waals surface area contributed by atoms with Gasteiger partial charge in [0.1, 0.15) is 5.82 Å². The third-order valence-corrected chi connectivity index (χ3v) is 2.71. The van der Waals surface area contributed by atoms with E-state index in [0.29, 0.717) is 0 Å². The second-order valence-corrected chi connectivity index (χ2v) is 4.15. The minimum absolute atomic E-state index is 0.264. The number of halogens is 1. The highest BCUT2D eigenvalue weighted by Gasteiger charge is 2.16. The third-order valence-electron chi connectivity index (χ3n) is 2.71. The highest BCUT2D eigenvalue weighted by molar-refractivity contribution is 5.10. The van der Waals surface area contributed by atoms with Crippen molar-refractivity contribution in [1.29, 1.82) is 0 Å². The van der Waals surface area contributed by atoms with Crippen LogP contribution in [0.4, 0.5) is 4.39 Å². The first-order valence-electron chi connectivity index (χ1n) is 5.31. The molecule has 0 amide bonds. The molecular formula is C11H16FN3. The fourth-order valence-electron chi connectivity index (χ4n) is 2.04. The summed E-state index contributed by atoms with van der Waals surface area (Å²) in [7, 11) is 0. The molecule has 0 radical (unpaired) electrons. The van der Waals surface area contributed by atoms with Crippen molar-refractivity contribution in [2.75, 3.05) is 13.1 Å². The van der Waals surface area contributed by atoms with E-state index >= 15 is 0 Å². The molecule has 15 heavy (non-hydrogen) atoms. The largest absolute Gasteiger partial charge is 0.327 e. The maximum absolute atomic E-state index is 12.9. The van der Waals surface area contributed by atoms with E-state index in [2.05, 4.69) is 9.88 Å². The van der Waals surface area contributed by atoms with Crippen molar-refractivity contribution in [3.05, 3.63) is 29.8 Å². The van der Waals surface area contributed by atoms with Gasteiger partial charge in [-0.25, -0.2) is 4.39 Å². The second-order valence-electron chi connectivity index (χ2n) is 4.15. The molecule has 0 saturated carbocycles. The summed E-state index contributed by atoms with van der Waals surface area (Å²) in [6, 6.07) is 1.80. The molecule has 4 heteroatoms. The number of likely N-dealkylation sites (tertiary alicyclic amines) is 1. The summed E-state index contributed by atoms with van der Waals surface area (Å²) >= 11 is 0. The molecule has 82 valence electrons. The molecule has 3 nitrogen and oxygen atoms in total. The van der Waals surface area contributed by atoms with Gasteiger partial charge >= 0.3 is 0 Å². The van der Waals surface area contributed by atoms with Gasteiger partial charge in [-0.2, -0.15) is 0 Å². The number of piperidine rings is 1. The van der Waals surface area contributed by atoms with Gasteiger partial charge in [-0.05, 0) is 31.0 Å². The minimum Gasteiger partial charge on any atom is -0.327 e. The van der Waals surface area contributed by atoms with Gasteiger partial charge in [-0.15, -0.1) is 0 Å². The first-order valence-corrected chi connectivity index (χ1v) is 5.31. The molecule has 2 rings (SSSR count). The van der Waals surface area contributed by atoms with E-state index in [1.165, 1.54) is 12.3 Å². The zero-order chi connectivity index (χ0) is 10.7. The molecule has 1 fully saturated rings. The normalized spacial score (nSPS) is 22.9. The number of nitrogens with two attached hydrogens (primary N) is 1. The van der Waals surface area contributed by atoms with Crippen LogP contribution in [0.2, 0.25) is 0 Å². The van der Waals surface area contributed by atoms with Crippen molar-refractivity contribution in [1.82, 2.24) is 9.88 Å². The third kappa shape index (κ3) is 2.97. The topological polar surface area (TPSA) is 42.1 Å². The van der Waals surface area contributed by atoms with Crippen LogP contribution in [0.15, 0.2) is 18.5 Å². The Balaban J connectivity index is 1.96. The number of nitrogens with zero attached hydrogens (tertiary/aromatic N) is 2. The van der Waals surface area contributed by atoms with Crippen LogP contribution in [0.25, 0.3) is 0 Å². The average Bonchev–Trinajstić information content (AvgIpc) is 2.17. The first-order chi connectivity index (χ1) is 7.24. The van der Waals surface area contributed by atoms with Crippen molar-refractivity contribution >= 4 is 0 Å². The smallest absolute Gasteiger partial charge is 0.141 e. The van der Waals surface area contributed by atoms with Crippen molar-refractivity contribution in [3.63, 3.8) is 0 Å². The van der Waals surface area contributed by atoms with Gasteiger partial charge in [0.05, 0.1) is 6.20 Å². The molecule has 0 aliphatic carbocycles. The van der Waals surface area contributed by atoms with Crippen LogP contribution in [0.3, 0.4) is 0 Å². The summed E-state index contributed by atoms with van der Waals surface area (Å²) in [5.41, 5.74) is 6.80. The Bertz CT molecular complexity index is 329. The maximum atomic E-state index is 12.9. The molecule has 1 aliphatic rings. The average molecular weight is 209 g/mol.